The molecule has 1 N–H and O–H groups in total. The number of anilines is 1. The molecular formula is C19H17FN2O2S. The monoisotopic (exact) mass is 356 g/mol. The zero-order valence-electron chi connectivity index (χ0n) is 13.7. The van der Waals surface area contributed by atoms with Crippen LogP contribution < -0.4 is 10.1 Å². The predicted molar refractivity (Wildman–Crippen MR) is 96.4 cm³/mol. The molecule has 1 heterocycles. The summed E-state index contributed by atoms with van der Waals surface area (Å²) >= 11 is 1.42. The molecule has 0 radical (unpaired) electrons. The van der Waals surface area contributed by atoms with Crippen LogP contribution in [0.1, 0.15) is 16.3 Å². The number of carbonyl (C=O) groups is 1. The van der Waals surface area contributed by atoms with E-state index in [0.29, 0.717) is 5.75 Å². The molecule has 1 aromatic heterocycles. The molecule has 0 atom stereocenters. The molecule has 0 aliphatic carbocycles. The van der Waals surface area contributed by atoms with Crippen LogP contribution in [0.3, 0.4) is 0 Å². The maximum Gasteiger partial charge on any atom is 0.231 e. The van der Waals surface area contributed by atoms with Crippen LogP contribution in [0.4, 0.5) is 10.1 Å². The summed E-state index contributed by atoms with van der Waals surface area (Å²) in [7, 11) is 0. The van der Waals surface area contributed by atoms with E-state index in [0.717, 1.165) is 22.0 Å². The summed E-state index contributed by atoms with van der Waals surface area (Å²) in [5.74, 6) is 0.167. The summed E-state index contributed by atoms with van der Waals surface area (Å²) in [6, 6.07) is 13.5. The summed E-state index contributed by atoms with van der Waals surface area (Å²) in [5.41, 5.74) is 2.66. The van der Waals surface area contributed by atoms with Crippen molar-refractivity contribution in [3.05, 3.63) is 76.0 Å². The molecular weight excluding hydrogens is 339 g/mol. The van der Waals surface area contributed by atoms with Gasteiger partial charge in [0.25, 0.3) is 0 Å². The van der Waals surface area contributed by atoms with Gasteiger partial charge in [0.1, 0.15) is 23.2 Å². The van der Waals surface area contributed by atoms with Crippen LogP contribution in [0.5, 0.6) is 5.75 Å². The highest BCUT2D eigenvalue weighted by atomic mass is 32.1. The van der Waals surface area contributed by atoms with Crippen LogP contribution in [0, 0.1) is 12.7 Å². The zero-order valence-corrected chi connectivity index (χ0v) is 14.5. The average Bonchev–Trinajstić information content (AvgIpc) is 3.04. The average molecular weight is 356 g/mol. The number of ether oxygens (including phenoxy) is 1. The topological polar surface area (TPSA) is 51.2 Å². The van der Waals surface area contributed by atoms with Crippen LogP contribution in [-0.2, 0) is 17.8 Å². The zero-order chi connectivity index (χ0) is 17.6. The number of nitrogens with zero attached hydrogens (tertiary/aromatic N) is 1. The van der Waals surface area contributed by atoms with Gasteiger partial charge < -0.3 is 10.1 Å². The summed E-state index contributed by atoms with van der Waals surface area (Å²) < 4.78 is 18.4. The predicted octanol–water partition coefficient (Wildman–Crippen LogP) is 4.35. The third-order valence-electron chi connectivity index (χ3n) is 3.45. The van der Waals surface area contributed by atoms with E-state index in [9.17, 15) is 9.18 Å². The maximum absolute atomic E-state index is 12.8. The van der Waals surface area contributed by atoms with Gasteiger partial charge in [0.15, 0.2) is 0 Å². The molecule has 0 saturated carbocycles. The Bertz CT molecular complexity index is 845. The quantitative estimate of drug-likeness (QED) is 0.714. The van der Waals surface area contributed by atoms with E-state index < -0.39 is 0 Å². The summed E-state index contributed by atoms with van der Waals surface area (Å²) in [5, 5.41) is 5.43. The molecule has 2 aromatic carbocycles. The Morgan fingerprint density at radius 3 is 2.60 bits per heavy atom. The van der Waals surface area contributed by atoms with E-state index in [1.54, 1.807) is 12.1 Å². The van der Waals surface area contributed by atoms with E-state index in [1.165, 1.54) is 23.5 Å². The normalized spacial score (nSPS) is 10.5. The first-order valence-corrected chi connectivity index (χ1v) is 8.64. The lowest BCUT2D eigenvalue weighted by Gasteiger charge is -2.04. The van der Waals surface area contributed by atoms with Gasteiger partial charge in [-0.3, -0.25) is 4.79 Å². The minimum absolute atomic E-state index is 0.107. The van der Waals surface area contributed by atoms with E-state index in [2.05, 4.69) is 10.3 Å². The van der Waals surface area contributed by atoms with Crippen LogP contribution >= 0.6 is 11.3 Å². The smallest absolute Gasteiger partial charge is 0.231 e. The number of aryl methyl sites for hydroxylation is 1. The largest absolute Gasteiger partial charge is 0.487 e. The van der Waals surface area contributed by atoms with Crippen LogP contribution in [-0.4, -0.2) is 10.9 Å². The standard InChI is InChI=1S/C19H17FN2O2S/c1-13-2-6-15(7-3-13)21-18(23)10-19-22-16(12-25-19)11-24-17-8-4-14(20)5-9-17/h2-9,12H,10-11H2,1H3,(H,21,23). The number of nitrogens with one attached hydrogen (secondary N) is 1. The van der Waals surface area contributed by atoms with Crippen LogP contribution in [0.2, 0.25) is 0 Å². The highest BCUT2D eigenvalue weighted by Gasteiger charge is 2.09. The van der Waals surface area contributed by atoms with Gasteiger partial charge in [0, 0.05) is 11.1 Å². The molecule has 0 spiro atoms. The number of hydrogen-bond acceptors (Lipinski definition) is 4. The van der Waals surface area contributed by atoms with Crippen molar-refractivity contribution in [3.63, 3.8) is 0 Å². The van der Waals surface area contributed by atoms with Crippen molar-refractivity contribution in [3.8, 4) is 5.75 Å². The first kappa shape index (κ1) is 17.1. The van der Waals surface area contributed by atoms with Crippen LogP contribution in [0.15, 0.2) is 53.9 Å². The second-order valence-corrected chi connectivity index (χ2v) is 6.51. The van der Waals surface area contributed by atoms with Gasteiger partial charge in [-0.2, -0.15) is 0 Å². The molecule has 1 amide bonds. The van der Waals surface area contributed by atoms with E-state index >= 15 is 0 Å². The lowest BCUT2D eigenvalue weighted by atomic mass is 10.2. The van der Waals surface area contributed by atoms with Gasteiger partial charge in [-0.15, -0.1) is 11.3 Å². The number of hydrogen-bond donors (Lipinski definition) is 1. The molecule has 3 rings (SSSR count). The Morgan fingerprint density at radius 1 is 1.16 bits per heavy atom. The molecule has 128 valence electrons. The van der Waals surface area contributed by atoms with Gasteiger partial charge >= 0.3 is 0 Å². The maximum atomic E-state index is 12.8. The highest BCUT2D eigenvalue weighted by molar-refractivity contribution is 7.09. The fourth-order valence-electron chi connectivity index (χ4n) is 2.16. The number of carbonyl (C=O) groups excluding carboxylic acids is 1. The Kier molecular flexibility index (Phi) is 5.40. The van der Waals surface area contributed by atoms with Gasteiger partial charge in [-0.25, -0.2) is 9.37 Å². The Labute approximate surface area is 149 Å². The molecule has 25 heavy (non-hydrogen) atoms. The molecule has 0 aliphatic rings. The minimum Gasteiger partial charge on any atom is -0.487 e. The van der Waals surface area contributed by atoms with Crippen molar-refractivity contribution in [2.75, 3.05) is 5.32 Å². The SMILES string of the molecule is Cc1ccc(NC(=O)Cc2nc(COc3ccc(F)cc3)cs2)cc1. The molecule has 6 heteroatoms. The van der Waals surface area contributed by atoms with Crippen molar-refractivity contribution >= 4 is 22.9 Å². The second kappa shape index (κ2) is 7.90. The molecule has 3 aromatic rings. The Balaban J connectivity index is 1.51. The Morgan fingerprint density at radius 2 is 1.88 bits per heavy atom. The fraction of sp³-hybridized carbons (Fsp3) is 0.158. The van der Waals surface area contributed by atoms with Crippen molar-refractivity contribution in [2.24, 2.45) is 0 Å². The van der Waals surface area contributed by atoms with E-state index in [-0.39, 0.29) is 24.8 Å². The Hall–Kier alpha value is -2.73. The molecule has 0 unspecified atom stereocenters. The van der Waals surface area contributed by atoms with E-state index in [4.69, 9.17) is 4.74 Å². The second-order valence-electron chi connectivity index (χ2n) is 5.57. The highest BCUT2D eigenvalue weighted by Crippen LogP contribution is 2.16. The molecule has 4 nitrogen and oxygen atoms in total. The van der Waals surface area contributed by atoms with Crippen LogP contribution in [0.25, 0.3) is 0 Å². The van der Waals surface area contributed by atoms with Gasteiger partial charge in [-0.05, 0) is 43.3 Å². The van der Waals surface area contributed by atoms with Crippen molar-refractivity contribution in [1.82, 2.24) is 4.98 Å². The number of aromatic nitrogens is 1. The summed E-state index contributed by atoms with van der Waals surface area (Å²) in [4.78, 5) is 16.5. The fourth-order valence-corrected chi connectivity index (χ4v) is 2.94. The molecule has 0 fully saturated rings. The van der Waals surface area contributed by atoms with Gasteiger partial charge in [0.2, 0.25) is 5.91 Å². The van der Waals surface area contributed by atoms with Gasteiger partial charge in [0.05, 0.1) is 12.1 Å². The number of thiazole rings is 1. The van der Waals surface area contributed by atoms with E-state index in [1.807, 2.05) is 36.6 Å². The first-order chi connectivity index (χ1) is 12.1. The third-order valence-corrected chi connectivity index (χ3v) is 4.34. The minimum atomic E-state index is -0.303. The number of amides is 1. The van der Waals surface area contributed by atoms with Crippen molar-refractivity contribution in [2.45, 2.75) is 20.0 Å². The molecule has 0 saturated heterocycles. The number of benzene rings is 2. The summed E-state index contributed by atoms with van der Waals surface area (Å²) in [6.07, 6.45) is 0.217. The van der Waals surface area contributed by atoms with Crippen molar-refractivity contribution in [1.29, 1.82) is 0 Å². The summed E-state index contributed by atoms with van der Waals surface area (Å²) in [6.45, 7) is 2.28. The molecule has 0 aliphatic heterocycles. The number of halogens is 1. The lowest BCUT2D eigenvalue weighted by molar-refractivity contribution is -0.115. The molecule has 0 bridgehead atoms. The van der Waals surface area contributed by atoms with Crippen molar-refractivity contribution < 1.29 is 13.9 Å². The third kappa shape index (κ3) is 5.12. The van der Waals surface area contributed by atoms with Gasteiger partial charge in [-0.1, -0.05) is 17.7 Å². The lowest BCUT2D eigenvalue weighted by Crippen LogP contribution is -2.14. The first-order valence-electron chi connectivity index (χ1n) is 7.77. The number of rotatable bonds is 6.